The first-order valence-electron chi connectivity index (χ1n) is 8.59. The number of carbonyl (C=O) groups excluding carboxylic acids is 2. The Morgan fingerprint density at radius 3 is 2.46 bits per heavy atom. The molecule has 0 spiro atoms. The van der Waals surface area contributed by atoms with Gasteiger partial charge in [0, 0.05) is 18.7 Å². The highest BCUT2D eigenvalue weighted by atomic mass is 16.6. The quantitative estimate of drug-likeness (QED) is 0.738. The standard InChI is InChI=1S/C20H22N2O4/c1-25-17-9-7-15(8-10-17)11-12-21-13-14-22-19(23)18(26-20(22)24)16-5-3-2-4-6-16/h2-10,18,21H,11-14H2,1H3. The van der Waals surface area contributed by atoms with Crippen LogP contribution in [0.4, 0.5) is 4.79 Å². The molecule has 6 heteroatoms. The van der Waals surface area contributed by atoms with Gasteiger partial charge in [-0.15, -0.1) is 0 Å². The lowest BCUT2D eigenvalue weighted by atomic mass is 10.1. The molecule has 1 fully saturated rings. The van der Waals surface area contributed by atoms with Crippen LogP contribution in [0.1, 0.15) is 17.2 Å². The largest absolute Gasteiger partial charge is 0.497 e. The lowest BCUT2D eigenvalue weighted by Crippen LogP contribution is -2.36. The molecule has 2 aromatic carbocycles. The molecule has 1 aliphatic heterocycles. The summed E-state index contributed by atoms with van der Waals surface area (Å²) in [5, 5.41) is 3.25. The van der Waals surface area contributed by atoms with Crippen LogP contribution in [0.3, 0.4) is 0 Å². The zero-order chi connectivity index (χ0) is 18.4. The van der Waals surface area contributed by atoms with Crippen molar-refractivity contribution in [2.75, 3.05) is 26.7 Å². The molecule has 0 aliphatic carbocycles. The van der Waals surface area contributed by atoms with Gasteiger partial charge in [-0.3, -0.25) is 4.79 Å². The fraction of sp³-hybridized carbons (Fsp3) is 0.300. The number of carbonyl (C=O) groups is 2. The summed E-state index contributed by atoms with van der Waals surface area (Å²) in [5.41, 5.74) is 1.89. The topological polar surface area (TPSA) is 67.9 Å². The minimum atomic E-state index is -0.831. The molecule has 1 heterocycles. The van der Waals surface area contributed by atoms with E-state index in [0.29, 0.717) is 18.7 Å². The van der Waals surface area contributed by atoms with Crippen LogP contribution in [0.15, 0.2) is 54.6 Å². The number of nitrogens with zero attached hydrogens (tertiary/aromatic N) is 1. The smallest absolute Gasteiger partial charge is 0.417 e. The number of benzene rings is 2. The van der Waals surface area contributed by atoms with Gasteiger partial charge in [-0.1, -0.05) is 42.5 Å². The van der Waals surface area contributed by atoms with Gasteiger partial charge in [0.05, 0.1) is 7.11 Å². The molecule has 1 saturated heterocycles. The number of cyclic esters (lactones) is 1. The number of hydrogen-bond donors (Lipinski definition) is 1. The monoisotopic (exact) mass is 354 g/mol. The average Bonchev–Trinajstić information content (AvgIpc) is 2.97. The van der Waals surface area contributed by atoms with Crippen molar-refractivity contribution in [3.63, 3.8) is 0 Å². The van der Waals surface area contributed by atoms with E-state index in [1.165, 1.54) is 5.56 Å². The van der Waals surface area contributed by atoms with E-state index >= 15 is 0 Å². The summed E-state index contributed by atoms with van der Waals surface area (Å²) in [7, 11) is 1.64. The van der Waals surface area contributed by atoms with Gasteiger partial charge in [0.1, 0.15) is 5.75 Å². The second-order valence-corrected chi connectivity index (χ2v) is 6.01. The highest BCUT2D eigenvalue weighted by molar-refractivity contribution is 6.00. The van der Waals surface area contributed by atoms with Crippen LogP contribution in [0.25, 0.3) is 0 Å². The third-order valence-corrected chi connectivity index (χ3v) is 4.29. The number of rotatable bonds is 8. The lowest BCUT2D eigenvalue weighted by Gasteiger charge is -2.12. The summed E-state index contributed by atoms with van der Waals surface area (Å²) in [6.07, 6.45) is -0.557. The molecule has 0 aromatic heterocycles. The van der Waals surface area contributed by atoms with Crippen molar-refractivity contribution in [2.24, 2.45) is 0 Å². The van der Waals surface area contributed by atoms with Gasteiger partial charge in [-0.25, -0.2) is 9.69 Å². The first-order chi connectivity index (χ1) is 12.7. The maximum atomic E-state index is 12.4. The van der Waals surface area contributed by atoms with Gasteiger partial charge < -0.3 is 14.8 Å². The zero-order valence-corrected chi connectivity index (χ0v) is 14.7. The van der Waals surface area contributed by atoms with E-state index in [4.69, 9.17) is 9.47 Å². The van der Waals surface area contributed by atoms with Crippen molar-refractivity contribution in [3.05, 3.63) is 65.7 Å². The van der Waals surface area contributed by atoms with Crippen molar-refractivity contribution in [1.82, 2.24) is 10.2 Å². The number of nitrogens with one attached hydrogen (secondary N) is 1. The van der Waals surface area contributed by atoms with Crippen molar-refractivity contribution in [1.29, 1.82) is 0 Å². The number of ether oxygens (including phenoxy) is 2. The average molecular weight is 354 g/mol. The van der Waals surface area contributed by atoms with E-state index in [9.17, 15) is 9.59 Å². The Labute approximate surface area is 152 Å². The van der Waals surface area contributed by atoms with Crippen LogP contribution in [-0.4, -0.2) is 43.6 Å². The number of methoxy groups -OCH3 is 1. The second kappa shape index (κ2) is 8.49. The molecular weight excluding hydrogens is 332 g/mol. The normalized spacial score (nSPS) is 16.7. The van der Waals surface area contributed by atoms with Crippen LogP contribution in [-0.2, 0) is 16.0 Å². The SMILES string of the molecule is COc1ccc(CCNCCN2C(=O)OC(c3ccccc3)C2=O)cc1. The fourth-order valence-corrected chi connectivity index (χ4v) is 2.83. The van der Waals surface area contributed by atoms with Crippen LogP contribution >= 0.6 is 0 Å². The van der Waals surface area contributed by atoms with Crippen molar-refractivity contribution in [2.45, 2.75) is 12.5 Å². The number of amides is 2. The third kappa shape index (κ3) is 4.21. The Hall–Kier alpha value is -2.86. The molecule has 0 saturated carbocycles. The van der Waals surface area contributed by atoms with Crippen molar-refractivity contribution in [3.8, 4) is 5.75 Å². The predicted molar refractivity (Wildman–Crippen MR) is 96.9 cm³/mol. The van der Waals surface area contributed by atoms with Gasteiger partial charge in [0.2, 0.25) is 6.10 Å². The van der Waals surface area contributed by atoms with E-state index in [1.807, 2.05) is 42.5 Å². The van der Waals surface area contributed by atoms with E-state index in [1.54, 1.807) is 19.2 Å². The molecule has 1 N–H and O–H groups in total. The molecule has 26 heavy (non-hydrogen) atoms. The summed E-state index contributed by atoms with van der Waals surface area (Å²) >= 11 is 0. The fourth-order valence-electron chi connectivity index (χ4n) is 2.83. The van der Waals surface area contributed by atoms with Crippen molar-refractivity contribution >= 4 is 12.0 Å². The maximum Gasteiger partial charge on any atom is 0.417 e. The van der Waals surface area contributed by atoms with E-state index < -0.39 is 12.2 Å². The molecule has 1 atom stereocenters. The van der Waals surface area contributed by atoms with Gasteiger partial charge in [0.25, 0.3) is 5.91 Å². The van der Waals surface area contributed by atoms with Crippen LogP contribution in [0.2, 0.25) is 0 Å². The summed E-state index contributed by atoms with van der Waals surface area (Å²) in [6, 6.07) is 17.0. The predicted octanol–water partition coefficient (Wildman–Crippen LogP) is 2.55. The molecule has 0 radical (unpaired) electrons. The van der Waals surface area contributed by atoms with Gasteiger partial charge in [0.15, 0.2) is 0 Å². The maximum absolute atomic E-state index is 12.4. The van der Waals surface area contributed by atoms with Crippen molar-refractivity contribution < 1.29 is 19.1 Å². The minimum absolute atomic E-state index is 0.295. The van der Waals surface area contributed by atoms with E-state index in [-0.39, 0.29) is 5.91 Å². The Morgan fingerprint density at radius 2 is 1.77 bits per heavy atom. The molecule has 136 valence electrons. The van der Waals surface area contributed by atoms with Gasteiger partial charge in [-0.2, -0.15) is 0 Å². The zero-order valence-electron chi connectivity index (χ0n) is 14.7. The molecular formula is C20H22N2O4. The highest BCUT2D eigenvalue weighted by Crippen LogP contribution is 2.26. The van der Waals surface area contributed by atoms with Crippen LogP contribution in [0.5, 0.6) is 5.75 Å². The first kappa shape index (κ1) is 17.9. The lowest BCUT2D eigenvalue weighted by molar-refractivity contribution is -0.129. The molecule has 2 aromatic rings. The summed E-state index contributed by atoms with van der Waals surface area (Å²) < 4.78 is 10.4. The Bertz CT molecular complexity index is 746. The summed E-state index contributed by atoms with van der Waals surface area (Å²) in [6.45, 7) is 1.58. The van der Waals surface area contributed by atoms with E-state index in [0.717, 1.165) is 23.6 Å². The third-order valence-electron chi connectivity index (χ3n) is 4.29. The Balaban J connectivity index is 1.43. The van der Waals surface area contributed by atoms with E-state index in [2.05, 4.69) is 5.32 Å². The number of hydrogen-bond acceptors (Lipinski definition) is 5. The Morgan fingerprint density at radius 1 is 1.04 bits per heavy atom. The minimum Gasteiger partial charge on any atom is -0.497 e. The molecule has 0 bridgehead atoms. The summed E-state index contributed by atoms with van der Waals surface area (Å²) in [4.78, 5) is 25.5. The molecule has 2 amide bonds. The number of imide groups is 1. The second-order valence-electron chi connectivity index (χ2n) is 6.01. The van der Waals surface area contributed by atoms with Gasteiger partial charge >= 0.3 is 6.09 Å². The van der Waals surface area contributed by atoms with Gasteiger partial charge in [-0.05, 0) is 30.7 Å². The highest BCUT2D eigenvalue weighted by Gasteiger charge is 2.40. The molecule has 1 unspecified atom stereocenters. The van der Waals surface area contributed by atoms with Crippen LogP contribution in [0, 0.1) is 0 Å². The molecule has 1 aliphatic rings. The Kier molecular flexibility index (Phi) is 5.86. The van der Waals surface area contributed by atoms with Crippen LogP contribution < -0.4 is 10.1 Å². The molecule has 3 rings (SSSR count). The molecule has 6 nitrogen and oxygen atoms in total. The first-order valence-corrected chi connectivity index (χ1v) is 8.59. The summed E-state index contributed by atoms with van der Waals surface area (Å²) in [5.74, 6) is 0.527.